The zero-order valence-electron chi connectivity index (χ0n) is 18.3. The van der Waals surface area contributed by atoms with Gasteiger partial charge in [-0.3, -0.25) is 4.79 Å². The number of halogens is 1. The predicted octanol–water partition coefficient (Wildman–Crippen LogP) is 7.19. The van der Waals surface area contributed by atoms with E-state index in [2.05, 4.69) is 33.0 Å². The van der Waals surface area contributed by atoms with E-state index in [1.807, 2.05) is 13.8 Å². The lowest BCUT2D eigenvalue weighted by Crippen LogP contribution is -2.32. The van der Waals surface area contributed by atoms with Gasteiger partial charge < -0.3 is 5.32 Å². The third kappa shape index (κ3) is 6.86. The average molecular weight is 397 g/mol. The van der Waals surface area contributed by atoms with Crippen LogP contribution in [0, 0.1) is 19.7 Å². The lowest BCUT2D eigenvalue weighted by molar-refractivity contribution is -0.115. The van der Waals surface area contributed by atoms with Crippen molar-refractivity contribution in [2.75, 3.05) is 23.8 Å². The minimum absolute atomic E-state index is 0.0611. The number of hydrogen-bond acceptors (Lipinski definition) is 1. The summed E-state index contributed by atoms with van der Waals surface area (Å²) in [6.45, 7) is 12.6. The van der Waals surface area contributed by atoms with Crippen LogP contribution in [0.15, 0.2) is 12.1 Å². The summed E-state index contributed by atoms with van der Waals surface area (Å²) in [6.07, 6.45) is 10.9. The van der Waals surface area contributed by atoms with E-state index in [1.54, 1.807) is 0 Å². The summed E-state index contributed by atoms with van der Waals surface area (Å²) in [6, 6.07) is 3.00. The third-order valence-electron chi connectivity index (χ3n) is 5.82. The molecule has 2 nitrogen and oxygen atoms in total. The molecule has 1 amide bonds. The summed E-state index contributed by atoms with van der Waals surface area (Å²) >= 11 is 0. The van der Waals surface area contributed by atoms with Crippen molar-refractivity contribution in [3.8, 4) is 0 Å². The Bertz CT molecular complexity index is 557. The summed E-state index contributed by atoms with van der Waals surface area (Å²) in [4.78, 5) is 13.3. The van der Waals surface area contributed by atoms with E-state index in [-0.39, 0.29) is 17.4 Å². The van der Waals surface area contributed by atoms with E-state index in [4.69, 9.17) is 0 Å². The number of carbonyl (C=O) groups is 1. The summed E-state index contributed by atoms with van der Waals surface area (Å²) in [5.41, 5.74) is 2.44. The van der Waals surface area contributed by atoms with Crippen LogP contribution < -0.4 is 5.32 Å². The van der Waals surface area contributed by atoms with Crippen LogP contribution in [0.25, 0.3) is 0 Å². The lowest BCUT2D eigenvalue weighted by atomic mass is 10.1. The second kappa shape index (κ2) is 11.8. The third-order valence-corrected chi connectivity index (χ3v) is 11.3. The first-order valence-electron chi connectivity index (χ1n) is 10.7. The highest BCUT2D eigenvalue weighted by atomic mass is 31.2. The van der Waals surface area contributed by atoms with Gasteiger partial charge in [0.15, 0.2) is 0 Å². The Hall–Kier alpha value is -0.950. The van der Waals surface area contributed by atoms with Crippen LogP contribution in [-0.4, -0.2) is 30.1 Å². The Kier molecular flexibility index (Phi) is 10.5. The van der Waals surface area contributed by atoms with Crippen molar-refractivity contribution in [3.63, 3.8) is 0 Å². The fraction of sp³-hybridized carbons (Fsp3) is 0.696. The van der Waals surface area contributed by atoms with Crippen LogP contribution in [0.2, 0.25) is 0 Å². The molecule has 4 heteroatoms. The van der Waals surface area contributed by atoms with Crippen molar-refractivity contribution >= 4 is 18.9 Å². The maximum absolute atomic E-state index is 13.6. The van der Waals surface area contributed by atoms with Crippen molar-refractivity contribution in [3.05, 3.63) is 29.1 Å². The van der Waals surface area contributed by atoms with Gasteiger partial charge in [0.1, 0.15) is 11.5 Å². The maximum atomic E-state index is 13.6. The molecule has 0 saturated heterocycles. The minimum atomic E-state index is -1.36. The summed E-state index contributed by atoms with van der Waals surface area (Å²) < 4.78 is 13.6. The Morgan fingerprint density at radius 2 is 1.37 bits per heavy atom. The van der Waals surface area contributed by atoms with Crippen molar-refractivity contribution in [2.24, 2.45) is 0 Å². The first-order valence-corrected chi connectivity index (χ1v) is 13.2. The topological polar surface area (TPSA) is 29.1 Å². The van der Waals surface area contributed by atoms with Crippen molar-refractivity contribution < 1.29 is 9.18 Å². The Balaban J connectivity index is 3.10. The molecule has 0 fully saturated rings. The normalized spacial score (nSPS) is 12.9. The number of nitrogens with one attached hydrogen (secondary N) is 1. The van der Waals surface area contributed by atoms with Gasteiger partial charge in [-0.1, -0.05) is 40.0 Å². The molecule has 154 valence electrons. The number of carbonyl (C=O) groups excluding carboxylic acids is 1. The molecule has 1 aromatic rings. The van der Waals surface area contributed by atoms with Gasteiger partial charge in [0.05, 0.1) is 18.5 Å². The highest BCUT2D eigenvalue weighted by molar-refractivity contribution is 7.77. The monoisotopic (exact) mass is 396 g/mol. The standard InChI is InChI=1S/C23H39FNOP/c1-7-10-13-27(14-11-8-2,15-12-9-3)20(6)23(26)25-22-18(4)16-21(24)17-19(22)5/h16-17,20H,7-15H2,1-6H3/p+1. The van der Waals surface area contributed by atoms with Crippen LogP contribution in [0.4, 0.5) is 10.1 Å². The van der Waals surface area contributed by atoms with E-state index in [0.717, 1.165) is 16.8 Å². The minimum Gasteiger partial charge on any atom is -0.322 e. The Labute approximate surface area is 167 Å². The van der Waals surface area contributed by atoms with Gasteiger partial charge in [-0.25, -0.2) is 4.39 Å². The molecular weight excluding hydrogens is 356 g/mol. The van der Waals surface area contributed by atoms with Gasteiger partial charge in [0.2, 0.25) is 0 Å². The van der Waals surface area contributed by atoms with Gasteiger partial charge in [-0.05, 0) is 63.3 Å². The molecule has 0 aliphatic carbocycles. The molecule has 27 heavy (non-hydrogen) atoms. The number of benzene rings is 1. The van der Waals surface area contributed by atoms with Crippen molar-refractivity contribution in [1.82, 2.24) is 0 Å². The van der Waals surface area contributed by atoms with E-state index >= 15 is 0 Å². The smallest absolute Gasteiger partial charge is 0.264 e. The number of unbranched alkanes of at least 4 members (excludes halogenated alkanes) is 3. The predicted molar refractivity (Wildman–Crippen MR) is 120 cm³/mol. The van der Waals surface area contributed by atoms with Crippen molar-refractivity contribution in [2.45, 2.75) is 85.7 Å². The molecule has 0 aliphatic rings. The van der Waals surface area contributed by atoms with Crippen LogP contribution >= 0.6 is 7.26 Å². The first kappa shape index (κ1) is 24.1. The van der Waals surface area contributed by atoms with Gasteiger partial charge in [-0.2, -0.15) is 0 Å². The zero-order valence-corrected chi connectivity index (χ0v) is 19.2. The SMILES string of the molecule is CCCC[P+](CCCC)(CCCC)C(C)C(=O)Nc1c(C)cc(F)cc1C. The first-order chi connectivity index (χ1) is 12.8. The van der Waals surface area contributed by atoms with Crippen LogP contribution in [0.3, 0.4) is 0 Å². The van der Waals surface area contributed by atoms with Gasteiger partial charge in [0.25, 0.3) is 5.91 Å². The van der Waals surface area contributed by atoms with Gasteiger partial charge in [0, 0.05) is 12.9 Å². The number of aryl methyl sites for hydroxylation is 2. The molecule has 1 rings (SSSR count). The molecule has 0 aliphatic heterocycles. The molecule has 0 bridgehead atoms. The molecule has 1 unspecified atom stereocenters. The second-order valence-corrected chi connectivity index (χ2v) is 12.6. The highest BCUT2D eigenvalue weighted by Gasteiger charge is 2.45. The number of amides is 1. The van der Waals surface area contributed by atoms with Crippen LogP contribution in [0.5, 0.6) is 0 Å². The molecule has 0 aromatic heterocycles. The molecular formula is C23H40FNOP+. The summed E-state index contributed by atoms with van der Waals surface area (Å²) in [5, 5.41) is 3.16. The molecule has 1 aromatic carbocycles. The van der Waals surface area contributed by atoms with E-state index in [9.17, 15) is 9.18 Å². The quantitative estimate of drug-likeness (QED) is 0.372. The van der Waals surface area contributed by atoms with Crippen molar-refractivity contribution in [1.29, 1.82) is 0 Å². The molecule has 0 spiro atoms. The molecule has 0 saturated carbocycles. The Morgan fingerprint density at radius 1 is 0.963 bits per heavy atom. The molecule has 1 atom stereocenters. The number of anilines is 1. The lowest BCUT2D eigenvalue weighted by Gasteiger charge is -2.33. The van der Waals surface area contributed by atoms with E-state index in [1.165, 1.54) is 69.1 Å². The molecule has 1 N–H and O–H groups in total. The van der Waals surface area contributed by atoms with Crippen LogP contribution in [-0.2, 0) is 4.79 Å². The van der Waals surface area contributed by atoms with E-state index < -0.39 is 7.26 Å². The molecule has 0 radical (unpaired) electrons. The van der Waals surface area contributed by atoms with Crippen LogP contribution in [0.1, 0.15) is 77.3 Å². The zero-order chi connectivity index (χ0) is 20.4. The van der Waals surface area contributed by atoms with Gasteiger partial charge in [-0.15, -0.1) is 0 Å². The Morgan fingerprint density at radius 3 is 1.74 bits per heavy atom. The second-order valence-electron chi connectivity index (χ2n) is 8.03. The van der Waals surface area contributed by atoms with E-state index in [0.29, 0.717) is 0 Å². The number of hydrogen-bond donors (Lipinski definition) is 1. The molecule has 0 heterocycles. The average Bonchev–Trinajstić information content (AvgIpc) is 2.63. The summed E-state index contributed by atoms with van der Waals surface area (Å²) in [7, 11) is -1.36. The fourth-order valence-electron chi connectivity index (χ4n) is 3.92. The fourth-order valence-corrected chi connectivity index (χ4v) is 9.15. The largest absolute Gasteiger partial charge is 0.322 e. The number of rotatable bonds is 12. The van der Waals surface area contributed by atoms with Gasteiger partial charge >= 0.3 is 0 Å². The summed E-state index contributed by atoms with van der Waals surface area (Å²) in [5.74, 6) is -0.115. The highest BCUT2D eigenvalue weighted by Crippen LogP contribution is 2.64. The maximum Gasteiger partial charge on any atom is 0.264 e.